The van der Waals surface area contributed by atoms with Crippen LogP contribution in [-0.4, -0.2) is 5.97 Å². The molecule has 0 aromatic heterocycles. The van der Waals surface area contributed by atoms with Gasteiger partial charge in [-0.15, -0.1) is 0 Å². The molecule has 0 radical (unpaired) electrons. The molecule has 1 aliphatic rings. The monoisotopic (exact) mass is 258 g/mol. The van der Waals surface area contributed by atoms with Gasteiger partial charge in [0.25, 0.3) is 0 Å². The van der Waals surface area contributed by atoms with Gasteiger partial charge in [-0.2, -0.15) is 0 Å². The van der Waals surface area contributed by atoms with E-state index in [4.69, 9.17) is 16.3 Å². The van der Waals surface area contributed by atoms with Crippen LogP contribution < -0.4 is 0 Å². The van der Waals surface area contributed by atoms with Gasteiger partial charge in [0.15, 0.2) is 0 Å². The summed E-state index contributed by atoms with van der Waals surface area (Å²) in [6.07, 6.45) is 0.454. The third kappa shape index (κ3) is 1.89. The van der Waals surface area contributed by atoms with E-state index in [1.165, 1.54) is 0 Å². The first-order valence-corrected chi connectivity index (χ1v) is 6.17. The maximum Gasteiger partial charge on any atom is 0.340 e. The van der Waals surface area contributed by atoms with Crippen LogP contribution in [0.5, 0.6) is 0 Å². The molecule has 0 saturated carbocycles. The maximum atomic E-state index is 12.0. The molecule has 2 aromatic carbocycles. The highest BCUT2D eigenvalue weighted by molar-refractivity contribution is 6.33. The lowest BCUT2D eigenvalue weighted by atomic mass is 9.95. The SMILES string of the molecule is O=C1O[C@H](c2ccccc2)Cc2cccc(Cl)c21. The van der Waals surface area contributed by atoms with E-state index in [2.05, 4.69) is 0 Å². The van der Waals surface area contributed by atoms with Crippen molar-refractivity contribution in [3.63, 3.8) is 0 Å². The third-order valence-electron chi connectivity index (χ3n) is 3.13. The van der Waals surface area contributed by atoms with Gasteiger partial charge < -0.3 is 4.74 Å². The molecule has 0 aliphatic carbocycles. The number of benzene rings is 2. The van der Waals surface area contributed by atoms with Gasteiger partial charge in [-0.3, -0.25) is 0 Å². The summed E-state index contributed by atoms with van der Waals surface area (Å²) in [4.78, 5) is 12.0. The molecular weight excluding hydrogens is 248 g/mol. The van der Waals surface area contributed by atoms with Gasteiger partial charge >= 0.3 is 5.97 Å². The van der Waals surface area contributed by atoms with Crippen LogP contribution in [0, 0.1) is 0 Å². The van der Waals surface area contributed by atoms with Gasteiger partial charge in [-0.1, -0.05) is 54.1 Å². The molecule has 1 atom stereocenters. The molecule has 2 aromatic rings. The van der Waals surface area contributed by atoms with E-state index in [-0.39, 0.29) is 12.1 Å². The zero-order chi connectivity index (χ0) is 12.5. The summed E-state index contributed by atoms with van der Waals surface area (Å²) in [5, 5.41) is 0.462. The molecule has 0 N–H and O–H groups in total. The van der Waals surface area contributed by atoms with Gasteiger partial charge in [-0.25, -0.2) is 4.79 Å². The predicted molar refractivity (Wildman–Crippen MR) is 69.8 cm³/mol. The predicted octanol–water partition coefficient (Wildman–Crippen LogP) is 3.79. The van der Waals surface area contributed by atoms with Gasteiger partial charge in [0.1, 0.15) is 6.10 Å². The lowest BCUT2D eigenvalue weighted by Crippen LogP contribution is -2.22. The van der Waals surface area contributed by atoms with Crippen molar-refractivity contribution in [3.05, 3.63) is 70.2 Å². The Hall–Kier alpha value is -1.80. The number of fused-ring (bicyclic) bond motifs is 1. The standard InChI is InChI=1S/C15H11ClO2/c16-12-8-4-7-11-9-13(18-15(17)14(11)12)10-5-2-1-3-6-10/h1-8,13H,9H2/t13-/m0/s1. The molecule has 3 heteroatoms. The molecule has 0 amide bonds. The van der Waals surface area contributed by atoms with Crippen LogP contribution in [-0.2, 0) is 11.2 Å². The van der Waals surface area contributed by atoms with Crippen molar-refractivity contribution in [2.24, 2.45) is 0 Å². The minimum absolute atomic E-state index is 0.218. The second kappa shape index (κ2) is 4.46. The highest BCUT2D eigenvalue weighted by Crippen LogP contribution is 2.33. The van der Waals surface area contributed by atoms with Gasteiger partial charge in [-0.05, 0) is 17.2 Å². The van der Waals surface area contributed by atoms with Crippen molar-refractivity contribution in [1.82, 2.24) is 0 Å². The van der Waals surface area contributed by atoms with E-state index in [0.717, 1.165) is 11.1 Å². The quantitative estimate of drug-likeness (QED) is 0.728. The summed E-state index contributed by atoms with van der Waals surface area (Å²) in [5.74, 6) is -0.337. The first-order chi connectivity index (χ1) is 8.75. The number of hydrogen-bond donors (Lipinski definition) is 0. The zero-order valence-corrected chi connectivity index (χ0v) is 10.4. The van der Waals surface area contributed by atoms with Crippen LogP contribution in [0.2, 0.25) is 5.02 Å². The second-order valence-electron chi connectivity index (χ2n) is 4.28. The fraction of sp³-hybridized carbons (Fsp3) is 0.133. The summed E-state index contributed by atoms with van der Waals surface area (Å²) >= 11 is 6.03. The minimum Gasteiger partial charge on any atom is -0.453 e. The molecule has 0 unspecified atom stereocenters. The molecule has 0 bridgehead atoms. The van der Waals surface area contributed by atoms with Crippen molar-refractivity contribution in [2.75, 3.05) is 0 Å². The fourth-order valence-corrected chi connectivity index (χ4v) is 2.52. The summed E-state index contributed by atoms with van der Waals surface area (Å²) in [5.41, 5.74) is 2.47. The Morgan fingerprint density at radius 1 is 1.06 bits per heavy atom. The van der Waals surface area contributed by atoms with Crippen molar-refractivity contribution in [3.8, 4) is 0 Å². The summed E-state index contributed by atoms with van der Waals surface area (Å²) in [6, 6.07) is 15.3. The Balaban J connectivity index is 2.00. The normalized spacial score (nSPS) is 18.1. The number of carbonyl (C=O) groups excluding carboxylic acids is 1. The molecule has 1 aliphatic heterocycles. The van der Waals surface area contributed by atoms with E-state index >= 15 is 0 Å². The Morgan fingerprint density at radius 2 is 1.83 bits per heavy atom. The van der Waals surface area contributed by atoms with Crippen LogP contribution in [0.15, 0.2) is 48.5 Å². The maximum absolute atomic E-state index is 12.0. The smallest absolute Gasteiger partial charge is 0.340 e. The van der Waals surface area contributed by atoms with E-state index in [1.54, 1.807) is 6.07 Å². The van der Waals surface area contributed by atoms with Crippen molar-refractivity contribution < 1.29 is 9.53 Å². The highest BCUT2D eigenvalue weighted by atomic mass is 35.5. The average molecular weight is 259 g/mol. The Labute approximate surface area is 110 Å². The lowest BCUT2D eigenvalue weighted by molar-refractivity contribution is 0.0253. The first kappa shape index (κ1) is 11.3. The molecule has 90 valence electrons. The van der Waals surface area contributed by atoms with E-state index in [9.17, 15) is 4.79 Å². The molecule has 2 nitrogen and oxygen atoms in total. The summed E-state index contributed by atoms with van der Waals surface area (Å²) in [6.45, 7) is 0. The molecule has 0 saturated heterocycles. The molecule has 1 heterocycles. The highest BCUT2D eigenvalue weighted by Gasteiger charge is 2.28. The average Bonchev–Trinajstić information content (AvgIpc) is 2.39. The summed E-state index contributed by atoms with van der Waals surface area (Å²) < 4.78 is 5.46. The van der Waals surface area contributed by atoms with Gasteiger partial charge in [0.05, 0.1) is 10.6 Å². The number of cyclic esters (lactones) is 1. The zero-order valence-electron chi connectivity index (χ0n) is 9.60. The van der Waals surface area contributed by atoms with Crippen LogP contribution in [0.25, 0.3) is 0 Å². The van der Waals surface area contributed by atoms with E-state index < -0.39 is 0 Å². The van der Waals surface area contributed by atoms with E-state index in [1.807, 2.05) is 42.5 Å². The Morgan fingerprint density at radius 3 is 2.61 bits per heavy atom. The number of hydrogen-bond acceptors (Lipinski definition) is 2. The van der Waals surface area contributed by atoms with Crippen molar-refractivity contribution in [2.45, 2.75) is 12.5 Å². The van der Waals surface area contributed by atoms with Crippen LogP contribution in [0.4, 0.5) is 0 Å². The van der Waals surface area contributed by atoms with Crippen molar-refractivity contribution in [1.29, 1.82) is 0 Å². The molecule has 18 heavy (non-hydrogen) atoms. The largest absolute Gasteiger partial charge is 0.453 e. The van der Waals surface area contributed by atoms with Gasteiger partial charge in [0, 0.05) is 6.42 Å². The molecule has 0 fully saturated rings. The van der Waals surface area contributed by atoms with Crippen LogP contribution in [0.1, 0.15) is 27.6 Å². The lowest BCUT2D eigenvalue weighted by Gasteiger charge is -2.25. The van der Waals surface area contributed by atoms with Crippen LogP contribution in [0.3, 0.4) is 0 Å². The number of carbonyl (C=O) groups is 1. The third-order valence-corrected chi connectivity index (χ3v) is 3.44. The van der Waals surface area contributed by atoms with Gasteiger partial charge in [0.2, 0.25) is 0 Å². The number of esters is 1. The van der Waals surface area contributed by atoms with Crippen LogP contribution >= 0.6 is 11.6 Å². The molecule has 0 spiro atoms. The number of halogens is 1. The minimum atomic E-state index is -0.337. The summed E-state index contributed by atoms with van der Waals surface area (Å²) in [7, 11) is 0. The fourth-order valence-electron chi connectivity index (χ4n) is 2.25. The molecular formula is C15H11ClO2. The topological polar surface area (TPSA) is 26.3 Å². The number of rotatable bonds is 1. The molecule has 3 rings (SSSR count). The Bertz CT molecular complexity index is 593. The Kier molecular flexibility index (Phi) is 2.80. The van der Waals surface area contributed by atoms with Crippen molar-refractivity contribution >= 4 is 17.6 Å². The van der Waals surface area contributed by atoms with E-state index in [0.29, 0.717) is 17.0 Å². The second-order valence-corrected chi connectivity index (χ2v) is 4.69. The number of ether oxygens (including phenoxy) is 1. The first-order valence-electron chi connectivity index (χ1n) is 5.79.